The van der Waals surface area contributed by atoms with Gasteiger partial charge in [0.2, 0.25) is 0 Å². The Morgan fingerprint density at radius 3 is 1.35 bits per heavy atom. The van der Waals surface area contributed by atoms with Crippen LogP contribution in [0, 0.1) is 6.92 Å². The standard InChI is InChI=1S/C15H24O.3H3O4P/c1-6-7-8-12-10-13(15(3,4)5)14(16)9-11(12)2;3*1-5(2,3)4/h9-10,16H,6-8H2,1-5H3;3*(H3,1,2,3,4). The minimum Gasteiger partial charge on any atom is -0.508 e. The van der Waals surface area contributed by atoms with Crippen LogP contribution in [-0.4, -0.2) is 49.1 Å². The molecule has 0 atom stereocenters. The molecule has 1 rings (SSSR count). The summed E-state index contributed by atoms with van der Waals surface area (Å²) < 4.78 is 26.6. The summed E-state index contributed by atoms with van der Waals surface area (Å²) in [6.07, 6.45) is 3.55. The highest BCUT2D eigenvalue weighted by atomic mass is 31.2. The Balaban J connectivity index is -0.000000428. The van der Waals surface area contributed by atoms with Crippen LogP contribution in [0.2, 0.25) is 0 Å². The molecule has 0 aliphatic carbocycles. The largest absolute Gasteiger partial charge is 0.508 e. The van der Waals surface area contributed by atoms with Gasteiger partial charge in [0.1, 0.15) is 5.75 Å². The van der Waals surface area contributed by atoms with Gasteiger partial charge in [-0.25, -0.2) is 13.7 Å². The van der Waals surface area contributed by atoms with Gasteiger partial charge in [-0.05, 0) is 47.9 Å². The molecule has 0 bridgehead atoms. The van der Waals surface area contributed by atoms with Gasteiger partial charge >= 0.3 is 23.5 Å². The molecule has 0 unspecified atom stereocenters. The number of aromatic hydroxyl groups is 1. The number of unbranched alkanes of at least 4 members (excludes halogenated alkanes) is 1. The first-order chi connectivity index (χ1) is 13.4. The molecule has 0 spiro atoms. The lowest BCUT2D eigenvalue weighted by Crippen LogP contribution is -2.12. The van der Waals surface area contributed by atoms with Gasteiger partial charge in [0.15, 0.2) is 0 Å². The lowest BCUT2D eigenvalue weighted by atomic mass is 9.84. The first-order valence-corrected chi connectivity index (χ1v) is 13.2. The van der Waals surface area contributed by atoms with Crippen molar-refractivity contribution in [2.45, 2.75) is 59.3 Å². The van der Waals surface area contributed by atoms with E-state index in [1.807, 2.05) is 6.07 Å². The van der Waals surface area contributed by atoms with Crippen LogP contribution in [0.3, 0.4) is 0 Å². The first kappa shape index (κ1) is 35.0. The minimum absolute atomic E-state index is 0.0126. The smallest absolute Gasteiger partial charge is 0.466 e. The number of hydrogen-bond donors (Lipinski definition) is 10. The summed E-state index contributed by atoms with van der Waals surface area (Å²) in [5.41, 5.74) is 3.66. The topological polar surface area (TPSA) is 254 Å². The van der Waals surface area contributed by atoms with Gasteiger partial charge in [0, 0.05) is 0 Å². The summed E-state index contributed by atoms with van der Waals surface area (Å²) in [7, 11) is -13.9. The quantitative estimate of drug-likeness (QED) is 0.257. The Bertz CT molecular complexity index is 714. The van der Waals surface area contributed by atoms with E-state index in [9.17, 15) is 5.11 Å². The van der Waals surface area contributed by atoms with Crippen LogP contribution >= 0.6 is 23.5 Å². The van der Waals surface area contributed by atoms with E-state index < -0.39 is 23.5 Å². The molecule has 186 valence electrons. The van der Waals surface area contributed by atoms with Crippen molar-refractivity contribution in [3.05, 3.63) is 28.8 Å². The van der Waals surface area contributed by atoms with Crippen molar-refractivity contribution < 1.29 is 62.8 Å². The maximum Gasteiger partial charge on any atom is 0.466 e. The fourth-order valence-electron chi connectivity index (χ4n) is 1.97. The normalized spacial score (nSPS) is 11.8. The van der Waals surface area contributed by atoms with Crippen molar-refractivity contribution in [2.24, 2.45) is 0 Å². The number of phenolic OH excluding ortho intramolecular Hbond substituents is 1. The third kappa shape index (κ3) is 34.2. The van der Waals surface area contributed by atoms with Crippen LogP contribution in [0.1, 0.15) is 57.2 Å². The number of phosphoric acid groups is 3. The molecule has 0 aliphatic heterocycles. The highest BCUT2D eigenvalue weighted by Gasteiger charge is 2.19. The predicted octanol–water partition coefficient (Wildman–Crippen LogP) is 1.55. The van der Waals surface area contributed by atoms with Crippen LogP contribution < -0.4 is 0 Å². The molecular formula is C15H33O13P3. The van der Waals surface area contributed by atoms with Crippen LogP contribution in [0.4, 0.5) is 0 Å². The maximum atomic E-state index is 9.98. The fourth-order valence-corrected chi connectivity index (χ4v) is 1.97. The average molecular weight is 514 g/mol. The zero-order valence-corrected chi connectivity index (χ0v) is 20.5. The lowest BCUT2D eigenvalue weighted by molar-refractivity contribution is 0.272. The fraction of sp³-hybridized carbons (Fsp3) is 0.600. The Labute approximate surface area is 180 Å². The predicted molar refractivity (Wildman–Crippen MR) is 113 cm³/mol. The summed E-state index contributed by atoms with van der Waals surface area (Å²) in [6.45, 7) is 10.7. The molecule has 13 nitrogen and oxygen atoms in total. The van der Waals surface area contributed by atoms with Crippen molar-refractivity contribution in [1.29, 1.82) is 0 Å². The van der Waals surface area contributed by atoms with Crippen LogP contribution in [0.5, 0.6) is 5.75 Å². The molecule has 1 aromatic carbocycles. The first-order valence-electron chi connectivity index (χ1n) is 8.54. The lowest BCUT2D eigenvalue weighted by Gasteiger charge is -2.22. The number of phenols is 1. The number of rotatable bonds is 3. The van der Waals surface area contributed by atoms with Crippen LogP contribution in [0.15, 0.2) is 12.1 Å². The Hall–Kier alpha value is -0.650. The molecule has 0 saturated carbocycles. The average Bonchev–Trinajstić information content (AvgIpc) is 2.39. The SMILES string of the molecule is CCCCc1cc(C(C)(C)C)c(O)cc1C.O=P(O)(O)O.O=P(O)(O)O.O=P(O)(O)O. The monoisotopic (exact) mass is 514 g/mol. The highest BCUT2D eigenvalue weighted by Crippen LogP contribution is 2.33. The zero-order chi connectivity index (χ0) is 25.8. The van der Waals surface area contributed by atoms with Crippen molar-refractivity contribution >= 4 is 23.5 Å². The summed E-state index contributed by atoms with van der Waals surface area (Å²) in [5.74, 6) is 0.435. The Kier molecular flexibility index (Phi) is 16.3. The van der Waals surface area contributed by atoms with Crippen LogP contribution in [-0.2, 0) is 25.5 Å². The van der Waals surface area contributed by atoms with E-state index in [4.69, 9.17) is 57.7 Å². The molecule has 0 aromatic heterocycles. The third-order valence-corrected chi connectivity index (χ3v) is 3.06. The van der Waals surface area contributed by atoms with Crippen molar-refractivity contribution in [3.63, 3.8) is 0 Å². The van der Waals surface area contributed by atoms with Gasteiger partial charge in [-0.1, -0.05) is 40.2 Å². The Morgan fingerprint density at radius 1 is 0.774 bits per heavy atom. The van der Waals surface area contributed by atoms with Crippen LogP contribution in [0.25, 0.3) is 0 Å². The highest BCUT2D eigenvalue weighted by molar-refractivity contribution is 7.45. The van der Waals surface area contributed by atoms with Gasteiger partial charge in [-0.3, -0.25) is 0 Å². The molecule has 0 amide bonds. The second-order valence-corrected chi connectivity index (χ2v) is 10.3. The van der Waals surface area contributed by atoms with Crippen molar-refractivity contribution in [1.82, 2.24) is 0 Å². The van der Waals surface area contributed by atoms with Gasteiger partial charge in [0.05, 0.1) is 0 Å². The zero-order valence-electron chi connectivity index (χ0n) is 17.8. The number of aryl methyl sites for hydroxylation is 2. The summed E-state index contributed by atoms with van der Waals surface area (Å²) in [5, 5.41) is 9.98. The summed E-state index contributed by atoms with van der Waals surface area (Å²) >= 11 is 0. The number of benzene rings is 1. The van der Waals surface area contributed by atoms with Gasteiger partial charge in [-0.2, -0.15) is 0 Å². The second-order valence-electron chi connectivity index (χ2n) is 7.19. The molecule has 0 saturated heterocycles. The maximum absolute atomic E-state index is 9.98. The molecule has 0 heterocycles. The number of hydrogen-bond acceptors (Lipinski definition) is 4. The van der Waals surface area contributed by atoms with Gasteiger partial charge in [-0.15, -0.1) is 0 Å². The Morgan fingerprint density at radius 2 is 1.10 bits per heavy atom. The molecule has 1 aromatic rings. The van der Waals surface area contributed by atoms with Crippen molar-refractivity contribution in [3.8, 4) is 5.75 Å². The van der Waals surface area contributed by atoms with E-state index >= 15 is 0 Å². The van der Waals surface area contributed by atoms with E-state index in [-0.39, 0.29) is 5.41 Å². The van der Waals surface area contributed by atoms with E-state index in [1.54, 1.807) is 0 Å². The van der Waals surface area contributed by atoms with Gasteiger partial charge < -0.3 is 49.1 Å². The van der Waals surface area contributed by atoms with E-state index in [1.165, 1.54) is 24.0 Å². The molecule has 31 heavy (non-hydrogen) atoms. The summed E-state index contributed by atoms with van der Waals surface area (Å²) in [4.78, 5) is 64.7. The molecular weight excluding hydrogens is 481 g/mol. The molecule has 16 heteroatoms. The van der Waals surface area contributed by atoms with Gasteiger partial charge in [0.25, 0.3) is 0 Å². The van der Waals surface area contributed by atoms with E-state index in [0.717, 1.165) is 12.0 Å². The molecule has 0 fully saturated rings. The third-order valence-electron chi connectivity index (χ3n) is 3.06. The van der Waals surface area contributed by atoms with E-state index in [0.29, 0.717) is 5.75 Å². The molecule has 0 aliphatic rings. The summed E-state index contributed by atoms with van der Waals surface area (Å²) in [6, 6.07) is 4.09. The second kappa shape index (κ2) is 14.5. The van der Waals surface area contributed by atoms with E-state index in [2.05, 4.69) is 40.7 Å². The minimum atomic E-state index is -4.64. The molecule has 0 radical (unpaired) electrons. The molecule has 10 N–H and O–H groups in total. The van der Waals surface area contributed by atoms with Crippen molar-refractivity contribution in [2.75, 3.05) is 0 Å².